The Kier molecular flexibility index (Phi) is 4.84. The molecular weight excluding hydrogens is 243 g/mol. The minimum absolute atomic E-state index is 0. The molecular formula is C12H9N2NaO3. The Morgan fingerprint density at radius 1 is 1.28 bits per heavy atom. The minimum atomic E-state index is -1.29. The number of rotatable bonds is 2. The number of carbonyl (C=O) groups excluding carboxylic acids is 1. The summed E-state index contributed by atoms with van der Waals surface area (Å²) in [6, 6.07) is 4.57. The van der Waals surface area contributed by atoms with Crippen LogP contribution in [-0.4, -0.2) is 15.5 Å². The first kappa shape index (κ1) is 14.6. The summed E-state index contributed by atoms with van der Waals surface area (Å²) in [4.78, 5) is 25.9. The van der Waals surface area contributed by atoms with Crippen LogP contribution in [0.25, 0.3) is 11.1 Å². The number of carbonyl (C=O) groups is 1. The second-order valence-electron chi connectivity index (χ2n) is 3.61. The van der Waals surface area contributed by atoms with Crippen molar-refractivity contribution in [2.45, 2.75) is 0 Å². The van der Waals surface area contributed by atoms with Gasteiger partial charge in [0.25, 0.3) is 5.56 Å². The third-order valence-electron chi connectivity index (χ3n) is 2.41. The average Bonchev–Trinajstić information content (AvgIpc) is 2.33. The number of aryl methyl sites for hydroxylation is 1. The molecule has 0 spiro atoms. The van der Waals surface area contributed by atoms with Crippen molar-refractivity contribution in [3.8, 4) is 11.1 Å². The van der Waals surface area contributed by atoms with Crippen LogP contribution >= 0.6 is 0 Å². The van der Waals surface area contributed by atoms with E-state index in [0.717, 1.165) is 0 Å². The number of aromatic nitrogens is 2. The molecule has 0 saturated carbocycles. The zero-order chi connectivity index (χ0) is 12.4. The monoisotopic (exact) mass is 252 g/mol. The number of hydrogen-bond donors (Lipinski definition) is 0. The molecule has 5 nitrogen and oxygen atoms in total. The Morgan fingerprint density at radius 2 is 2.00 bits per heavy atom. The van der Waals surface area contributed by atoms with E-state index in [1.54, 1.807) is 19.3 Å². The molecule has 0 aliphatic heterocycles. The van der Waals surface area contributed by atoms with Gasteiger partial charge in [0, 0.05) is 42.8 Å². The molecule has 0 N–H and O–H groups in total. The molecule has 2 aromatic rings. The molecule has 86 valence electrons. The summed E-state index contributed by atoms with van der Waals surface area (Å²) in [5, 5.41) is 10.7. The minimum Gasteiger partial charge on any atom is -0.545 e. The zero-order valence-electron chi connectivity index (χ0n) is 10.1. The summed E-state index contributed by atoms with van der Waals surface area (Å²) in [6.07, 6.45) is 4.32. The van der Waals surface area contributed by atoms with Crippen molar-refractivity contribution in [3.05, 3.63) is 52.7 Å². The Balaban J connectivity index is 0.00000162. The fourth-order valence-corrected chi connectivity index (χ4v) is 1.44. The van der Waals surface area contributed by atoms with Crippen molar-refractivity contribution in [2.75, 3.05) is 0 Å². The van der Waals surface area contributed by atoms with Gasteiger partial charge in [-0.3, -0.25) is 9.78 Å². The van der Waals surface area contributed by atoms with Crippen LogP contribution in [0.5, 0.6) is 0 Å². The first-order valence-electron chi connectivity index (χ1n) is 4.91. The van der Waals surface area contributed by atoms with Gasteiger partial charge < -0.3 is 14.5 Å². The van der Waals surface area contributed by atoms with E-state index in [-0.39, 0.29) is 40.7 Å². The predicted molar refractivity (Wildman–Crippen MR) is 59.2 cm³/mol. The van der Waals surface area contributed by atoms with E-state index in [0.29, 0.717) is 11.1 Å². The van der Waals surface area contributed by atoms with Crippen LogP contribution in [0, 0.1) is 0 Å². The summed E-state index contributed by atoms with van der Waals surface area (Å²) in [6.45, 7) is 0. The molecule has 6 heteroatoms. The van der Waals surface area contributed by atoms with Gasteiger partial charge in [-0.05, 0) is 17.7 Å². The summed E-state index contributed by atoms with van der Waals surface area (Å²) >= 11 is 0. The topological polar surface area (TPSA) is 75.0 Å². The van der Waals surface area contributed by atoms with Gasteiger partial charge in [0.2, 0.25) is 0 Å². The van der Waals surface area contributed by atoms with Gasteiger partial charge in [0.05, 0.1) is 5.97 Å². The standard InChI is InChI=1S/C12H10N2O3.Na/c1-14-3-2-8(5-11(14)15)9-4-10(12(16)17)7-13-6-9;/h2-7H,1H3,(H,16,17);/q;+1/p-1. The van der Waals surface area contributed by atoms with E-state index < -0.39 is 5.97 Å². The second-order valence-corrected chi connectivity index (χ2v) is 3.61. The van der Waals surface area contributed by atoms with Crippen molar-refractivity contribution in [2.24, 2.45) is 7.05 Å². The molecule has 2 aromatic heterocycles. The molecule has 0 radical (unpaired) electrons. The SMILES string of the molecule is Cn1ccc(-c2cncc(C(=O)[O-])c2)cc1=O.[Na+]. The van der Waals surface area contributed by atoms with E-state index in [9.17, 15) is 14.7 Å². The molecule has 0 fully saturated rings. The summed E-state index contributed by atoms with van der Waals surface area (Å²) in [5.41, 5.74) is 1.03. The van der Waals surface area contributed by atoms with E-state index in [2.05, 4.69) is 4.98 Å². The number of carboxylic acids is 1. The van der Waals surface area contributed by atoms with Gasteiger partial charge in [-0.2, -0.15) is 0 Å². The Morgan fingerprint density at radius 3 is 2.61 bits per heavy atom. The van der Waals surface area contributed by atoms with E-state index in [1.807, 2.05) is 0 Å². The van der Waals surface area contributed by atoms with Crippen LogP contribution < -0.4 is 40.2 Å². The van der Waals surface area contributed by atoms with Crippen molar-refractivity contribution in [3.63, 3.8) is 0 Å². The largest absolute Gasteiger partial charge is 1.00 e. The van der Waals surface area contributed by atoms with Crippen LogP contribution in [0.1, 0.15) is 10.4 Å². The molecule has 0 unspecified atom stereocenters. The molecule has 2 rings (SSSR count). The number of hydrogen-bond acceptors (Lipinski definition) is 4. The molecule has 0 aliphatic carbocycles. The Bertz CT molecular complexity index is 637. The fraction of sp³-hybridized carbons (Fsp3) is 0.0833. The van der Waals surface area contributed by atoms with Crippen LogP contribution in [0.3, 0.4) is 0 Å². The van der Waals surface area contributed by atoms with E-state index in [4.69, 9.17) is 0 Å². The molecule has 0 bridgehead atoms. The zero-order valence-corrected chi connectivity index (χ0v) is 12.1. The maximum atomic E-state index is 11.4. The summed E-state index contributed by atoms with van der Waals surface area (Å²) in [5.74, 6) is -1.29. The predicted octanol–water partition coefficient (Wildman–Crippen LogP) is -3.19. The first-order valence-corrected chi connectivity index (χ1v) is 4.91. The van der Waals surface area contributed by atoms with E-state index in [1.165, 1.54) is 29.1 Å². The number of carboxylic acid groups (broad SMARTS) is 1. The molecule has 0 aromatic carbocycles. The van der Waals surface area contributed by atoms with Gasteiger partial charge in [0.15, 0.2) is 0 Å². The smallest absolute Gasteiger partial charge is 0.545 e. The van der Waals surface area contributed by atoms with Crippen molar-refractivity contribution < 1.29 is 39.5 Å². The van der Waals surface area contributed by atoms with Gasteiger partial charge >= 0.3 is 29.6 Å². The Hall–Kier alpha value is -1.43. The normalized spacial score (nSPS) is 9.61. The molecule has 0 aliphatic rings. The molecule has 2 heterocycles. The van der Waals surface area contributed by atoms with Crippen molar-refractivity contribution in [1.29, 1.82) is 0 Å². The second kappa shape index (κ2) is 5.95. The number of nitrogens with zero attached hydrogens (tertiary/aromatic N) is 2. The van der Waals surface area contributed by atoms with Crippen LogP contribution in [0.15, 0.2) is 41.6 Å². The average molecular weight is 252 g/mol. The van der Waals surface area contributed by atoms with Gasteiger partial charge in [0.1, 0.15) is 0 Å². The first-order chi connectivity index (χ1) is 8.08. The Labute approximate surface area is 125 Å². The van der Waals surface area contributed by atoms with Gasteiger partial charge in [-0.1, -0.05) is 0 Å². The molecule has 0 amide bonds. The molecule has 18 heavy (non-hydrogen) atoms. The van der Waals surface area contributed by atoms with Crippen molar-refractivity contribution >= 4 is 5.97 Å². The summed E-state index contributed by atoms with van der Waals surface area (Å²) < 4.78 is 1.43. The molecule has 0 saturated heterocycles. The van der Waals surface area contributed by atoms with Crippen LogP contribution in [0.4, 0.5) is 0 Å². The third kappa shape index (κ3) is 3.07. The fourth-order valence-electron chi connectivity index (χ4n) is 1.44. The maximum absolute atomic E-state index is 11.4. The summed E-state index contributed by atoms with van der Waals surface area (Å²) in [7, 11) is 1.64. The number of pyridine rings is 2. The quantitative estimate of drug-likeness (QED) is 0.528. The maximum Gasteiger partial charge on any atom is 1.00 e. The van der Waals surface area contributed by atoms with Crippen LogP contribution in [-0.2, 0) is 7.05 Å². The molecule has 0 atom stereocenters. The van der Waals surface area contributed by atoms with Crippen LogP contribution in [0.2, 0.25) is 0 Å². The van der Waals surface area contributed by atoms with Gasteiger partial charge in [-0.25, -0.2) is 0 Å². The third-order valence-corrected chi connectivity index (χ3v) is 2.41. The van der Waals surface area contributed by atoms with E-state index >= 15 is 0 Å². The van der Waals surface area contributed by atoms with Crippen molar-refractivity contribution in [1.82, 2.24) is 9.55 Å². The van der Waals surface area contributed by atoms with Gasteiger partial charge in [-0.15, -0.1) is 0 Å². The number of aromatic carboxylic acids is 1.